The third-order valence-corrected chi connectivity index (χ3v) is 5.00. The van der Waals surface area contributed by atoms with Crippen LogP contribution in [0.4, 0.5) is 11.6 Å². The molecule has 1 unspecified atom stereocenters. The van der Waals surface area contributed by atoms with Gasteiger partial charge in [0.2, 0.25) is 17.7 Å². The Morgan fingerprint density at radius 2 is 2.00 bits per heavy atom. The Kier molecular flexibility index (Phi) is 5.16. The average molecular weight is 390 g/mol. The number of hydrogen-bond donors (Lipinski definition) is 1. The lowest BCUT2D eigenvalue weighted by molar-refractivity contribution is -0.120. The smallest absolute Gasteiger partial charge is 0.249 e. The summed E-state index contributed by atoms with van der Waals surface area (Å²) in [5, 5.41) is 6.62. The number of rotatable bonds is 4. The summed E-state index contributed by atoms with van der Waals surface area (Å²) in [7, 11) is 0. The number of benzene rings is 1. The fourth-order valence-corrected chi connectivity index (χ4v) is 3.22. The van der Waals surface area contributed by atoms with Gasteiger partial charge in [-0.25, -0.2) is 0 Å². The Hall–Kier alpha value is -2.52. The van der Waals surface area contributed by atoms with E-state index in [4.69, 9.17) is 4.52 Å². The lowest BCUT2D eigenvalue weighted by Crippen LogP contribution is -2.41. The van der Waals surface area contributed by atoms with E-state index in [1.54, 1.807) is 6.07 Å². The van der Waals surface area contributed by atoms with Crippen LogP contribution in [0.2, 0.25) is 0 Å². The highest BCUT2D eigenvalue weighted by atomic mass is 32.2. The molecule has 27 heavy (non-hydrogen) atoms. The van der Waals surface area contributed by atoms with Crippen LogP contribution in [0.1, 0.15) is 39.3 Å². The van der Waals surface area contributed by atoms with Crippen LogP contribution in [0.15, 0.2) is 39.8 Å². The van der Waals surface area contributed by atoms with E-state index in [1.165, 1.54) is 29.2 Å². The van der Waals surface area contributed by atoms with Gasteiger partial charge in [-0.1, -0.05) is 25.9 Å². The molecule has 2 atom stereocenters. The van der Waals surface area contributed by atoms with Crippen LogP contribution in [0, 0.1) is 0 Å². The van der Waals surface area contributed by atoms with E-state index in [-0.39, 0.29) is 34.4 Å². The first kappa shape index (κ1) is 19.2. The molecule has 1 saturated heterocycles. The summed E-state index contributed by atoms with van der Waals surface area (Å²) < 4.78 is 27.1. The molecule has 144 valence electrons. The third kappa shape index (κ3) is 4.09. The molecule has 1 aliphatic rings. The maximum atomic E-state index is 12.7. The van der Waals surface area contributed by atoms with E-state index < -0.39 is 17.1 Å². The summed E-state index contributed by atoms with van der Waals surface area (Å²) in [6, 6.07) is 6.78. The molecule has 1 aliphatic heterocycles. The molecule has 0 radical (unpaired) electrons. The minimum absolute atomic E-state index is 0.114. The maximum absolute atomic E-state index is 12.7. The SMILES string of the molecule is CC(C)(C)c1cc(NC(=O)[C@@H]2CCC(=O)N2c2ccc(S(=O)[O-])cc2)on1. The first-order chi connectivity index (χ1) is 12.7. The van der Waals surface area contributed by atoms with Gasteiger partial charge in [0.15, 0.2) is 0 Å². The molecular weight excluding hydrogens is 370 g/mol. The molecule has 2 amide bonds. The van der Waals surface area contributed by atoms with Gasteiger partial charge in [-0.05, 0) is 41.8 Å². The van der Waals surface area contributed by atoms with Gasteiger partial charge in [-0.2, -0.15) is 0 Å². The van der Waals surface area contributed by atoms with Crippen LogP contribution in [0.5, 0.6) is 0 Å². The first-order valence-corrected chi connectivity index (χ1v) is 9.54. The molecular formula is C18H20N3O5S-. The van der Waals surface area contributed by atoms with Crippen molar-refractivity contribution in [2.45, 2.75) is 50.0 Å². The number of anilines is 2. The van der Waals surface area contributed by atoms with Crippen molar-refractivity contribution in [3.8, 4) is 0 Å². The minimum Gasteiger partial charge on any atom is -0.768 e. The predicted octanol–water partition coefficient (Wildman–Crippen LogP) is 2.34. The van der Waals surface area contributed by atoms with Crippen molar-refractivity contribution < 1.29 is 22.9 Å². The average Bonchev–Trinajstić information content (AvgIpc) is 3.21. The number of carbonyl (C=O) groups is 2. The summed E-state index contributed by atoms with van der Waals surface area (Å²) in [6.07, 6.45) is 0.594. The van der Waals surface area contributed by atoms with Crippen molar-refractivity contribution in [2.75, 3.05) is 10.2 Å². The summed E-state index contributed by atoms with van der Waals surface area (Å²) in [5.41, 5.74) is 0.962. The summed E-state index contributed by atoms with van der Waals surface area (Å²) in [6.45, 7) is 5.94. The fraction of sp³-hybridized carbons (Fsp3) is 0.389. The summed E-state index contributed by atoms with van der Waals surface area (Å²) in [4.78, 5) is 26.5. The molecule has 1 aromatic heterocycles. The van der Waals surface area contributed by atoms with E-state index >= 15 is 0 Å². The Labute approximate surface area is 159 Å². The zero-order valence-corrected chi connectivity index (χ0v) is 16.0. The zero-order chi connectivity index (χ0) is 19.8. The third-order valence-electron chi connectivity index (χ3n) is 4.35. The van der Waals surface area contributed by atoms with Gasteiger partial charge in [0, 0.05) is 28.5 Å². The monoisotopic (exact) mass is 390 g/mol. The van der Waals surface area contributed by atoms with Gasteiger partial charge < -0.3 is 9.08 Å². The van der Waals surface area contributed by atoms with Crippen LogP contribution >= 0.6 is 0 Å². The largest absolute Gasteiger partial charge is 0.768 e. The lowest BCUT2D eigenvalue weighted by Gasteiger charge is -2.24. The highest BCUT2D eigenvalue weighted by molar-refractivity contribution is 7.79. The lowest BCUT2D eigenvalue weighted by atomic mass is 9.92. The Balaban J connectivity index is 1.78. The highest BCUT2D eigenvalue weighted by Gasteiger charge is 2.37. The molecule has 1 fully saturated rings. The molecule has 0 bridgehead atoms. The number of nitrogens with zero attached hydrogens (tertiary/aromatic N) is 2. The van der Waals surface area contributed by atoms with Gasteiger partial charge in [-0.3, -0.25) is 24.0 Å². The molecule has 8 nitrogen and oxygen atoms in total. The molecule has 2 aromatic rings. The van der Waals surface area contributed by atoms with Crippen molar-refractivity contribution >= 4 is 34.5 Å². The van der Waals surface area contributed by atoms with Crippen LogP contribution in [0.3, 0.4) is 0 Å². The Bertz CT molecular complexity index is 885. The van der Waals surface area contributed by atoms with E-state index in [0.717, 1.165) is 0 Å². The molecule has 9 heteroatoms. The normalized spacial score (nSPS) is 18.6. The topological polar surface area (TPSA) is 116 Å². The molecule has 3 rings (SSSR count). The first-order valence-electron chi connectivity index (χ1n) is 8.46. The van der Waals surface area contributed by atoms with E-state index in [1.807, 2.05) is 20.8 Å². The van der Waals surface area contributed by atoms with Crippen LogP contribution in [-0.2, 0) is 26.1 Å². The van der Waals surface area contributed by atoms with Crippen molar-refractivity contribution in [1.29, 1.82) is 0 Å². The second-order valence-corrected chi connectivity index (χ2v) is 8.30. The molecule has 1 N–H and O–H groups in total. The van der Waals surface area contributed by atoms with Gasteiger partial charge in [0.05, 0.1) is 5.69 Å². The van der Waals surface area contributed by atoms with E-state index in [0.29, 0.717) is 17.8 Å². The van der Waals surface area contributed by atoms with E-state index in [2.05, 4.69) is 10.5 Å². The van der Waals surface area contributed by atoms with Crippen molar-refractivity contribution in [3.05, 3.63) is 36.0 Å². The van der Waals surface area contributed by atoms with Crippen LogP contribution in [0.25, 0.3) is 0 Å². The minimum atomic E-state index is -2.35. The van der Waals surface area contributed by atoms with Crippen molar-refractivity contribution in [1.82, 2.24) is 5.16 Å². The Morgan fingerprint density at radius 1 is 1.33 bits per heavy atom. The van der Waals surface area contributed by atoms with E-state index in [9.17, 15) is 18.4 Å². The Morgan fingerprint density at radius 3 is 2.56 bits per heavy atom. The molecule has 1 aromatic carbocycles. The molecule has 0 saturated carbocycles. The second-order valence-electron chi connectivity index (χ2n) is 7.36. The maximum Gasteiger partial charge on any atom is 0.249 e. The van der Waals surface area contributed by atoms with Crippen LogP contribution < -0.4 is 10.2 Å². The number of hydrogen-bond acceptors (Lipinski definition) is 6. The highest BCUT2D eigenvalue weighted by Crippen LogP contribution is 2.29. The predicted molar refractivity (Wildman–Crippen MR) is 98.0 cm³/mol. The van der Waals surface area contributed by atoms with Gasteiger partial charge in [0.25, 0.3) is 0 Å². The van der Waals surface area contributed by atoms with Crippen molar-refractivity contribution in [2.24, 2.45) is 0 Å². The van der Waals surface area contributed by atoms with Gasteiger partial charge >= 0.3 is 0 Å². The number of aromatic nitrogens is 1. The second kappa shape index (κ2) is 7.24. The number of carbonyl (C=O) groups excluding carboxylic acids is 2. The summed E-state index contributed by atoms with van der Waals surface area (Å²) >= 11 is -2.35. The number of amides is 2. The molecule has 2 heterocycles. The molecule has 0 spiro atoms. The zero-order valence-electron chi connectivity index (χ0n) is 15.2. The quantitative estimate of drug-likeness (QED) is 0.801. The van der Waals surface area contributed by atoms with Gasteiger partial charge in [0.1, 0.15) is 6.04 Å². The van der Waals surface area contributed by atoms with Crippen LogP contribution in [-0.4, -0.2) is 31.8 Å². The summed E-state index contributed by atoms with van der Waals surface area (Å²) in [5.74, 6) is -0.352. The van der Waals surface area contributed by atoms with Crippen molar-refractivity contribution in [3.63, 3.8) is 0 Å². The fourth-order valence-electron chi connectivity index (χ4n) is 2.87. The molecule has 0 aliphatic carbocycles. The van der Waals surface area contributed by atoms with Gasteiger partial charge in [-0.15, -0.1) is 0 Å². The standard InChI is InChI=1S/C18H21N3O5S/c1-18(2,3)14-10-15(26-20-14)19-17(23)13-8-9-16(22)21(13)11-4-6-12(7-5-11)27(24)25/h4-7,10,13H,8-9H2,1-3H3,(H,19,23)(H,24,25)/p-1/t13-/m0/s1. The number of nitrogens with one attached hydrogen (secondary N) is 1.